The number of hydrogen-bond donors (Lipinski definition) is 1. The van der Waals surface area contributed by atoms with Crippen LogP contribution in [0.1, 0.15) is 15.9 Å². The molecule has 0 saturated carbocycles. The Hall–Kier alpha value is -2.96. The van der Waals surface area contributed by atoms with Gasteiger partial charge in [0, 0.05) is 18.2 Å². The van der Waals surface area contributed by atoms with Gasteiger partial charge in [-0.05, 0) is 24.6 Å². The monoisotopic (exact) mass is 291 g/mol. The van der Waals surface area contributed by atoms with Crippen molar-refractivity contribution in [2.24, 2.45) is 0 Å². The van der Waals surface area contributed by atoms with Crippen LogP contribution in [0.25, 0.3) is 0 Å². The van der Waals surface area contributed by atoms with E-state index in [2.05, 4.69) is 0 Å². The quantitative estimate of drug-likeness (QED) is 0.687. The number of carbonyl (C=O) groups is 1. The van der Waals surface area contributed by atoms with Crippen LogP contribution >= 0.6 is 0 Å². The van der Waals surface area contributed by atoms with Crippen molar-refractivity contribution in [1.29, 1.82) is 0 Å². The number of nitro benzene ring substituents is 1. The third-order valence-electron chi connectivity index (χ3n) is 2.78. The molecule has 0 aliphatic heterocycles. The van der Waals surface area contributed by atoms with Gasteiger partial charge in [-0.15, -0.1) is 0 Å². The smallest absolute Gasteiger partial charge is 0.339 e. The summed E-state index contributed by atoms with van der Waals surface area (Å²) >= 11 is 0. The average molecular weight is 291 g/mol. The molecule has 2 rings (SSSR count). The number of nitro groups is 1. The second kappa shape index (κ2) is 5.58. The molecule has 0 aliphatic rings. The van der Waals surface area contributed by atoms with E-state index in [4.69, 9.17) is 9.84 Å². The van der Waals surface area contributed by atoms with Crippen LogP contribution in [-0.4, -0.2) is 16.0 Å². The molecule has 2 aromatic rings. The Labute approximate surface area is 118 Å². The zero-order valence-corrected chi connectivity index (χ0v) is 10.9. The molecule has 21 heavy (non-hydrogen) atoms. The molecule has 0 bridgehead atoms. The van der Waals surface area contributed by atoms with Crippen molar-refractivity contribution in [2.75, 3.05) is 0 Å². The van der Waals surface area contributed by atoms with Crippen molar-refractivity contribution in [3.8, 4) is 11.5 Å². The van der Waals surface area contributed by atoms with E-state index < -0.39 is 16.7 Å². The van der Waals surface area contributed by atoms with Crippen LogP contribution in [0.15, 0.2) is 36.4 Å². The largest absolute Gasteiger partial charge is 0.478 e. The Kier molecular flexibility index (Phi) is 3.84. The molecule has 7 heteroatoms. The summed E-state index contributed by atoms with van der Waals surface area (Å²) in [6, 6.07) is 7.25. The number of halogens is 1. The van der Waals surface area contributed by atoms with Crippen LogP contribution in [-0.2, 0) is 0 Å². The minimum absolute atomic E-state index is 0.101. The fourth-order valence-electron chi connectivity index (χ4n) is 1.65. The Balaban J connectivity index is 2.41. The minimum Gasteiger partial charge on any atom is -0.478 e. The van der Waals surface area contributed by atoms with Crippen LogP contribution in [0.2, 0.25) is 0 Å². The molecule has 0 amide bonds. The molecular weight excluding hydrogens is 281 g/mol. The number of aromatic carboxylic acids is 1. The fourth-order valence-corrected chi connectivity index (χ4v) is 1.65. The Morgan fingerprint density at radius 3 is 2.57 bits per heavy atom. The SMILES string of the molecule is Cc1ccc(Oc2ccc([N+](=O)[O-])cc2C(=O)O)cc1F. The lowest BCUT2D eigenvalue weighted by molar-refractivity contribution is -0.384. The molecule has 0 heterocycles. The normalized spacial score (nSPS) is 10.2. The van der Waals surface area contributed by atoms with Gasteiger partial charge in [-0.25, -0.2) is 9.18 Å². The highest BCUT2D eigenvalue weighted by atomic mass is 19.1. The lowest BCUT2D eigenvalue weighted by Gasteiger charge is -2.09. The number of rotatable bonds is 4. The summed E-state index contributed by atoms with van der Waals surface area (Å²) in [5, 5.41) is 19.7. The van der Waals surface area contributed by atoms with Crippen molar-refractivity contribution < 1.29 is 24.0 Å². The molecule has 0 aliphatic carbocycles. The standard InChI is InChI=1S/C14H10FNO5/c1-8-2-4-10(7-12(8)15)21-13-5-3-9(16(19)20)6-11(13)14(17)18/h2-7H,1H3,(H,17,18). The van der Waals surface area contributed by atoms with Gasteiger partial charge in [0.2, 0.25) is 0 Å². The number of aryl methyl sites for hydroxylation is 1. The maximum atomic E-state index is 13.4. The number of hydrogen-bond acceptors (Lipinski definition) is 4. The molecule has 0 unspecified atom stereocenters. The number of nitrogens with zero attached hydrogens (tertiary/aromatic N) is 1. The lowest BCUT2D eigenvalue weighted by atomic mass is 10.1. The van der Waals surface area contributed by atoms with Gasteiger partial charge >= 0.3 is 5.97 Å². The van der Waals surface area contributed by atoms with E-state index >= 15 is 0 Å². The van der Waals surface area contributed by atoms with Crippen molar-refractivity contribution >= 4 is 11.7 Å². The van der Waals surface area contributed by atoms with E-state index in [1.165, 1.54) is 18.2 Å². The van der Waals surface area contributed by atoms with Crippen molar-refractivity contribution in [3.63, 3.8) is 0 Å². The van der Waals surface area contributed by atoms with Crippen LogP contribution in [0.4, 0.5) is 10.1 Å². The Morgan fingerprint density at radius 2 is 2.00 bits per heavy atom. The molecule has 108 valence electrons. The molecule has 0 saturated heterocycles. The maximum Gasteiger partial charge on any atom is 0.339 e. The highest BCUT2D eigenvalue weighted by Gasteiger charge is 2.17. The van der Waals surface area contributed by atoms with E-state index in [1.807, 2.05) is 0 Å². The topological polar surface area (TPSA) is 89.7 Å². The average Bonchev–Trinajstić information content (AvgIpc) is 2.43. The summed E-state index contributed by atoms with van der Waals surface area (Å²) in [5.74, 6) is -1.86. The number of non-ortho nitro benzene ring substituents is 1. The van der Waals surface area contributed by atoms with Crippen molar-refractivity contribution in [3.05, 3.63) is 63.5 Å². The van der Waals surface area contributed by atoms with Gasteiger partial charge in [0.25, 0.3) is 5.69 Å². The predicted octanol–water partition coefficient (Wildman–Crippen LogP) is 3.53. The summed E-state index contributed by atoms with van der Waals surface area (Å²) in [6.45, 7) is 1.58. The Morgan fingerprint density at radius 1 is 1.29 bits per heavy atom. The molecule has 0 radical (unpaired) electrons. The molecule has 0 fully saturated rings. The number of carboxylic acids is 1. The lowest BCUT2D eigenvalue weighted by Crippen LogP contribution is -2.02. The van der Waals surface area contributed by atoms with E-state index in [0.717, 1.165) is 18.2 Å². The van der Waals surface area contributed by atoms with Gasteiger partial charge < -0.3 is 9.84 Å². The zero-order chi connectivity index (χ0) is 15.6. The highest BCUT2D eigenvalue weighted by Crippen LogP contribution is 2.29. The first-order valence-corrected chi connectivity index (χ1v) is 5.84. The first kappa shape index (κ1) is 14.4. The van der Waals surface area contributed by atoms with E-state index in [-0.39, 0.29) is 22.7 Å². The molecule has 0 aromatic heterocycles. The number of carboxylic acid groups (broad SMARTS) is 1. The van der Waals surface area contributed by atoms with Gasteiger partial charge in [0.1, 0.15) is 22.9 Å². The van der Waals surface area contributed by atoms with E-state index in [9.17, 15) is 19.3 Å². The summed E-state index contributed by atoms with van der Waals surface area (Å²) < 4.78 is 18.7. The third-order valence-corrected chi connectivity index (χ3v) is 2.78. The molecule has 0 atom stereocenters. The second-order valence-corrected chi connectivity index (χ2v) is 4.26. The number of ether oxygens (including phenoxy) is 1. The van der Waals surface area contributed by atoms with Gasteiger partial charge in [-0.3, -0.25) is 10.1 Å². The highest BCUT2D eigenvalue weighted by molar-refractivity contribution is 5.91. The van der Waals surface area contributed by atoms with Gasteiger partial charge in [-0.2, -0.15) is 0 Å². The van der Waals surface area contributed by atoms with Gasteiger partial charge in [-0.1, -0.05) is 6.07 Å². The summed E-state index contributed by atoms with van der Waals surface area (Å²) in [6.07, 6.45) is 0. The molecule has 2 aromatic carbocycles. The summed E-state index contributed by atoms with van der Waals surface area (Å²) in [5.41, 5.74) is -0.315. The maximum absolute atomic E-state index is 13.4. The molecule has 6 nitrogen and oxygen atoms in total. The summed E-state index contributed by atoms with van der Waals surface area (Å²) in [7, 11) is 0. The van der Waals surface area contributed by atoms with Crippen LogP contribution in [0.3, 0.4) is 0 Å². The zero-order valence-electron chi connectivity index (χ0n) is 10.9. The minimum atomic E-state index is -1.37. The first-order chi connectivity index (χ1) is 9.88. The van der Waals surface area contributed by atoms with Crippen molar-refractivity contribution in [1.82, 2.24) is 0 Å². The van der Waals surface area contributed by atoms with Gasteiger partial charge in [0.05, 0.1) is 4.92 Å². The summed E-state index contributed by atoms with van der Waals surface area (Å²) in [4.78, 5) is 21.1. The predicted molar refractivity (Wildman–Crippen MR) is 71.3 cm³/mol. The van der Waals surface area contributed by atoms with Gasteiger partial charge in [0.15, 0.2) is 0 Å². The first-order valence-electron chi connectivity index (χ1n) is 5.84. The van der Waals surface area contributed by atoms with Crippen LogP contribution in [0.5, 0.6) is 11.5 Å². The van der Waals surface area contributed by atoms with Crippen LogP contribution < -0.4 is 4.74 Å². The molecule has 0 spiro atoms. The fraction of sp³-hybridized carbons (Fsp3) is 0.0714. The molecular formula is C14H10FNO5. The van der Waals surface area contributed by atoms with Crippen molar-refractivity contribution in [2.45, 2.75) is 6.92 Å². The van der Waals surface area contributed by atoms with E-state index in [1.54, 1.807) is 6.92 Å². The third kappa shape index (κ3) is 3.14. The second-order valence-electron chi connectivity index (χ2n) is 4.26. The van der Waals surface area contributed by atoms with Crippen LogP contribution in [0, 0.1) is 22.9 Å². The number of benzene rings is 2. The molecule has 1 N–H and O–H groups in total. The Bertz CT molecular complexity index is 729. The van der Waals surface area contributed by atoms with E-state index in [0.29, 0.717) is 5.56 Å².